The van der Waals surface area contributed by atoms with Crippen LogP contribution in [0.15, 0.2) is 63.8 Å². The molecule has 20 heavy (non-hydrogen) atoms. The molecule has 0 atom stereocenters. The first-order valence-corrected chi connectivity index (χ1v) is 7.52. The molecule has 0 radical (unpaired) electrons. The van der Waals surface area contributed by atoms with Gasteiger partial charge in [-0.15, -0.1) is 0 Å². The number of rotatable bonds is 2. The predicted molar refractivity (Wildman–Crippen MR) is 86.1 cm³/mol. The third-order valence-electron chi connectivity index (χ3n) is 2.72. The van der Waals surface area contributed by atoms with Crippen molar-refractivity contribution in [3.05, 3.63) is 63.8 Å². The van der Waals surface area contributed by atoms with E-state index < -0.39 is 0 Å². The van der Waals surface area contributed by atoms with Crippen LogP contribution in [0.2, 0.25) is 0 Å². The third-order valence-corrected chi connectivity index (χ3v) is 3.70. The molecule has 0 saturated heterocycles. The fourth-order valence-electron chi connectivity index (χ4n) is 1.81. The van der Waals surface area contributed by atoms with Crippen molar-refractivity contribution in [2.24, 2.45) is 0 Å². The van der Waals surface area contributed by atoms with Crippen molar-refractivity contribution >= 4 is 31.9 Å². The molecule has 0 unspecified atom stereocenters. The highest BCUT2D eigenvalue weighted by atomic mass is 79.9. The smallest absolute Gasteiger partial charge is 0.0897 e. The van der Waals surface area contributed by atoms with Crippen LogP contribution in [0, 0.1) is 0 Å². The maximum atomic E-state index is 4.63. The van der Waals surface area contributed by atoms with Crippen molar-refractivity contribution in [1.29, 1.82) is 0 Å². The molecule has 0 aliphatic rings. The Labute approximate surface area is 133 Å². The molecular formula is C15H9Br2N3. The molecule has 0 fully saturated rings. The second kappa shape index (κ2) is 5.81. The third kappa shape index (κ3) is 2.94. The van der Waals surface area contributed by atoms with E-state index in [-0.39, 0.29) is 0 Å². The second-order valence-corrected chi connectivity index (χ2v) is 5.96. The van der Waals surface area contributed by atoms with Crippen LogP contribution in [0.5, 0.6) is 0 Å². The maximum absolute atomic E-state index is 4.63. The molecule has 0 N–H and O–H groups in total. The molecule has 3 aromatic heterocycles. The average Bonchev–Trinajstić information content (AvgIpc) is 2.47. The molecule has 98 valence electrons. The monoisotopic (exact) mass is 389 g/mol. The van der Waals surface area contributed by atoms with Crippen LogP contribution in [0.4, 0.5) is 0 Å². The van der Waals surface area contributed by atoms with E-state index in [2.05, 4.69) is 46.8 Å². The lowest BCUT2D eigenvalue weighted by atomic mass is 10.2. The topological polar surface area (TPSA) is 38.7 Å². The van der Waals surface area contributed by atoms with Gasteiger partial charge in [-0.3, -0.25) is 9.97 Å². The molecule has 3 rings (SSSR count). The van der Waals surface area contributed by atoms with Crippen LogP contribution in [0.1, 0.15) is 0 Å². The number of hydrogen-bond acceptors (Lipinski definition) is 3. The molecule has 0 aromatic carbocycles. The van der Waals surface area contributed by atoms with Crippen molar-refractivity contribution in [3.8, 4) is 22.8 Å². The molecule has 0 amide bonds. The summed E-state index contributed by atoms with van der Waals surface area (Å²) >= 11 is 6.89. The Hall–Kier alpha value is -1.59. The van der Waals surface area contributed by atoms with Gasteiger partial charge in [0.2, 0.25) is 0 Å². The van der Waals surface area contributed by atoms with E-state index in [9.17, 15) is 0 Å². The number of pyridine rings is 3. The summed E-state index contributed by atoms with van der Waals surface area (Å²) in [6.45, 7) is 0. The molecule has 0 aliphatic heterocycles. The van der Waals surface area contributed by atoms with Crippen LogP contribution in [-0.2, 0) is 0 Å². The van der Waals surface area contributed by atoms with E-state index >= 15 is 0 Å². The normalized spacial score (nSPS) is 10.5. The van der Waals surface area contributed by atoms with Gasteiger partial charge in [-0.05, 0) is 36.4 Å². The van der Waals surface area contributed by atoms with Gasteiger partial charge in [0.15, 0.2) is 0 Å². The minimum Gasteiger partial charge on any atom is -0.255 e. The van der Waals surface area contributed by atoms with Gasteiger partial charge in [0.25, 0.3) is 0 Å². The molecule has 3 aromatic rings. The Morgan fingerprint density at radius 3 is 1.60 bits per heavy atom. The van der Waals surface area contributed by atoms with Gasteiger partial charge >= 0.3 is 0 Å². The van der Waals surface area contributed by atoms with Crippen LogP contribution in [-0.4, -0.2) is 15.0 Å². The van der Waals surface area contributed by atoms with Crippen molar-refractivity contribution in [2.45, 2.75) is 0 Å². The fourth-order valence-corrected chi connectivity index (χ4v) is 2.48. The maximum Gasteiger partial charge on any atom is 0.0897 e. The zero-order valence-electron chi connectivity index (χ0n) is 10.3. The molecule has 0 aliphatic carbocycles. The van der Waals surface area contributed by atoms with Crippen LogP contribution < -0.4 is 0 Å². The van der Waals surface area contributed by atoms with Gasteiger partial charge in [0.05, 0.1) is 22.8 Å². The van der Waals surface area contributed by atoms with Crippen LogP contribution in [0.3, 0.4) is 0 Å². The average molecular weight is 391 g/mol. The van der Waals surface area contributed by atoms with E-state index in [1.807, 2.05) is 42.5 Å². The van der Waals surface area contributed by atoms with Crippen molar-refractivity contribution in [3.63, 3.8) is 0 Å². The second-order valence-electron chi connectivity index (χ2n) is 4.13. The molecule has 3 heterocycles. The van der Waals surface area contributed by atoms with Gasteiger partial charge in [-0.25, -0.2) is 4.98 Å². The lowest BCUT2D eigenvalue weighted by molar-refractivity contribution is 1.21. The summed E-state index contributed by atoms with van der Waals surface area (Å²) in [7, 11) is 0. The number of halogens is 2. The first kappa shape index (κ1) is 13.4. The van der Waals surface area contributed by atoms with Crippen molar-refractivity contribution in [1.82, 2.24) is 15.0 Å². The number of aromatic nitrogens is 3. The minimum atomic E-state index is 0.825. The van der Waals surface area contributed by atoms with Crippen molar-refractivity contribution < 1.29 is 0 Å². The summed E-state index contributed by atoms with van der Waals surface area (Å²) in [5.41, 5.74) is 3.31. The van der Waals surface area contributed by atoms with Gasteiger partial charge in [-0.2, -0.15) is 0 Å². The zero-order chi connectivity index (χ0) is 13.9. The Morgan fingerprint density at radius 1 is 0.650 bits per heavy atom. The molecule has 5 heteroatoms. The molecule has 0 spiro atoms. The lowest BCUT2D eigenvalue weighted by Crippen LogP contribution is -1.91. The van der Waals surface area contributed by atoms with Crippen molar-refractivity contribution in [2.75, 3.05) is 0 Å². The zero-order valence-corrected chi connectivity index (χ0v) is 13.5. The Morgan fingerprint density at radius 2 is 1.15 bits per heavy atom. The summed E-state index contributed by atoms with van der Waals surface area (Å²) in [5, 5.41) is 0. The quantitative estimate of drug-likeness (QED) is 0.634. The first-order chi connectivity index (χ1) is 9.72. The highest BCUT2D eigenvalue weighted by Crippen LogP contribution is 2.23. The largest absolute Gasteiger partial charge is 0.255 e. The Balaban J connectivity index is 2.06. The molecule has 3 nitrogen and oxygen atoms in total. The standard InChI is InChI=1S/C15H9Br2N3/c16-10-4-6-18-14(8-10)12-2-1-3-13(20-12)15-9-11(17)5-7-19-15/h1-9H. The lowest BCUT2D eigenvalue weighted by Gasteiger charge is -2.04. The van der Waals surface area contributed by atoms with Crippen LogP contribution >= 0.6 is 31.9 Å². The van der Waals surface area contributed by atoms with E-state index in [4.69, 9.17) is 0 Å². The summed E-state index contributed by atoms with van der Waals surface area (Å²) in [5.74, 6) is 0. The molecule has 0 bridgehead atoms. The fraction of sp³-hybridized carbons (Fsp3) is 0. The minimum absolute atomic E-state index is 0.825. The van der Waals surface area contributed by atoms with Gasteiger partial charge in [0.1, 0.15) is 0 Å². The first-order valence-electron chi connectivity index (χ1n) is 5.93. The van der Waals surface area contributed by atoms with E-state index in [0.29, 0.717) is 0 Å². The van der Waals surface area contributed by atoms with Crippen LogP contribution in [0.25, 0.3) is 22.8 Å². The Kier molecular flexibility index (Phi) is 3.89. The molecule has 0 saturated carbocycles. The summed E-state index contributed by atoms with van der Waals surface area (Å²) in [4.78, 5) is 13.3. The summed E-state index contributed by atoms with van der Waals surface area (Å²) in [6.07, 6.45) is 3.51. The number of nitrogens with zero attached hydrogens (tertiary/aromatic N) is 3. The van der Waals surface area contributed by atoms with E-state index in [0.717, 1.165) is 31.7 Å². The van der Waals surface area contributed by atoms with Gasteiger partial charge in [-0.1, -0.05) is 37.9 Å². The van der Waals surface area contributed by atoms with Gasteiger partial charge < -0.3 is 0 Å². The highest BCUT2D eigenvalue weighted by Gasteiger charge is 2.06. The number of hydrogen-bond donors (Lipinski definition) is 0. The summed E-state index contributed by atoms with van der Waals surface area (Å²) < 4.78 is 1.96. The SMILES string of the molecule is Brc1ccnc(-c2cccc(-c3cc(Br)ccn3)n2)c1. The van der Waals surface area contributed by atoms with Gasteiger partial charge in [0, 0.05) is 21.3 Å². The predicted octanol–water partition coefficient (Wildman–Crippen LogP) is 4.73. The summed E-state index contributed by atoms with van der Waals surface area (Å²) in [6, 6.07) is 13.5. The Bertz CT molecular complexity index is 699. The van der Waals surface area contributed by atoms with E-state index in [1.54, 1.807) is 12.4 Å². The van der Waals surface area contributed by atoms with E-state index in [1.165, 1.54) is 0 Å². The highest BCUT2D eigenvalue weighted by molar-refractivity contribution is 9.10. The molecular weight excluding hydrogens is 382 g/mol.